The quantitative estimate of drug-likeness (QED) is 0.385. The summed E-state index contributed by atoms with van der Waals surface area (Å²) in [4.78, 5) is 29.8. The fourth-order valence-corrected chi connectivity index (χ4v) is 7.07. The van der Waals surface area contributed by atoms with Crippen LogP contribution in [0.5, 0.6) is 11.5 Å². The van der Waals surface area contributed by atoms with E-state index in [0.29, 0.717) is 24.3 Å². The van der Waals surface area contributed by atoms with Crippen molar-refractivity contribution >= 4 is 17.5 Å². The molecule has 0 saturated carbocycles. The lowest BCUT2D eigenvalue weighted by atomic mass is 9.64. The summed E-state index contributed by atoms with van der Waals surface area (Å²) in [5.41, 5.74) is 10.8. The van der Waals surface area contributed by atoms with Crippen molar-refractivity contribution in [1.29, 1.82) is 0 Å². The van der Waals surface area contributed by atoms with Crippen LogP contribution in [0, 0.1) is 6.92 Å². The van der Waals surface area contributed by atoms with Crippen LogP contribution in [0.4, 0.5) is 5.69 Å². The summed E-state index contributed by atoms with van der Waals surface area (Å²) in [5.74, 6) is 0.988. The number of primary amides is 1. The van der Waals surface area contributed by atoms with Gasteiger partial charge in [-0.25, -0.2) is 0 Å². The minimum absolute atomic E-state index is 0.0135. The van der Waals surface area contributed by atoms with Crippen LogP contribution in [-0.2, 0) is 14.9 Å². The molecule has 1 fully saturated rings. The molecule has 2 N–H and O–H groups in total. The summed E-state index contributed by atoms with van der Waals surface area (Å²) in [6, 6.07) is 17.9. The number of methoxy groups -OCH3 is 1. The van der Waals surface area contributed by atoms with E-state index >= 15 is 0 Å². The molecule has 0 radical (unpaired) electrons. The largest absolute Gasteiger partial charge is 0.496 e. The third-order valence-corrected chi connectivity index (χ3v) is 9.00. The van der Waals surface area contributed by atoms with E-state index < -0.39 is 16.9 Å². The number of fused-ring (bicyclic) bond motifs is 1. The van der Waals surface area contributed by atoms with E-state index in [1.807, 2.05) is 36.1 Å². The summed E-state index contributed by atoms with van der Waals surface area (Å²) in [6.45, 7) is 14.9. The van der Waals surface area contributed by atoms with E-state index in [2.05, 4.69) is 43.9 Å². The molecule has 43 heavy (non-hydrogen) atoms. The minimum atomic E-state index is -0.503. The fourth-order valence-electron chi connectivity index (χ4n) is 7.07. The molecule has 2 amide bonds. The summed E-state index contributed by atoms with van der Waals surface area (Å²) < 4.78 is 17.1. The third kappa shape index (κ3) is 5.86. The van der Waals surface area contributed by atoms with Crippen molar-refractivity contribution in [2.45, 2.75) is 52.0 Å². The number of nitrogens with two attached hydrogens (primary N) is 1. The van der Waals surface area contributed by atoms with Gasteiger partial charge >= 0.3 is 0 Å². The number of rotatable bonds is 8. The molecule has 1 saturated heterocycles. The molecular weight excluding hydrogens is 542 g/mol. The topological polar surface area (TPSA) is 94.3 Å². The molecule has 1 unspecified atom stereocenters. The van der Waals surface area contributed by atoms with Crippen LogP contribution in [-0.4, -0.2) is 68.8 Å². The van der Waals surface area contributed by atoms with Crippen LogP contribution < -0.4 is 20.1 Å². The van der Waals surface area contributed by atoms with Crippen LogP contribution >= 0.6 is 0 Å². The molecule has 8 heteroatoms. The van der Waals surface area contributed by atoms with Crippen molar-refractivity contribution in [3.63, 3.8) is 0 Å². The van der Waals surface area contributed by atoms with Crippen molar-refractivity contribution in [2.75, 3.05) is 51.5 Å². The Morgan fingerprint density at radius 2 is 1.70 bits per heavy atom. The van der Waals surface area contributed by atoms with Gasteiger partial charge in [0, 0.05) is 54.3 Å². The first-order chi connectivity index (χ1) is 20.5. The number of nitrogens with zero attached hydrogens (tertiary/aromatic N) is 2. The number of carbonyl (C=O) groups is 2. The van der Waals surface area contributed by atoms with Gasteiger partial charge < -0.3 is 24.8 Å². The lowest BCUT2D eigenvalue weighted by Crippen LogP contribution is -2.55. The lowest BCUT2D eigenvalue weighted by Gasteiger charge is -2.51. The molecule has 5 rings (SSSR count). The molecule has 0 spiro atoms. The van der Waals surface area contributed by atoms with Crippen molar-refractivity contribution in [3.05, 3.63) is 76.9 Å². The van der Waals surface area contributed by atoms with Crippen molar-refractivity contribution in [3.8, 4) is 22.6 Å². The molecule has 8 nitrogen and oxygen atoms in total. The normalized spacial score (nSPS) is 19.9. The number of carbonyl (C=O) groups excluding carboxylic acids is 2. The zero-order valence-electron chi connectivity index (χ0n) is 26.2. The van der Waals surface area contributed by atoms with Crippen LogP contribution in [0.3, 0.4) is 0 Å². The predicted octanol–water partition coefficient (Wildman–Crippen LogP) is 5.32. The van der Waals surface area contributed by atoms with Gasteiger partial charge in [0.05, 0.1) is 20.3 Å². The Hall–Kier alpha value is -3.88. The number of benzene rings is 3. The van der Waals surface area contributed by atoms with E-state index in [4.69, 9.17) is 19.9 Å². The first-order valence-electron chi connectivity index (χ1n) is 14.9. The van der Waals surface area contributed by atoms with Gasteiger partial charge in [-0.05, 0) is 85.8 Å². The van der Waals surface area contributed by atoms with E-state index in [1.165, 1.54) is 0 Å². The van der Waals surface area contributed by atoms with Crippen LogP contribution in [0.2, 0.25) is 0 Å². The van der Waals surface area contributed by atoms with Crippen LogP contribution in [0.1, 0.15) is 61.2 Å². The predicted molar refractivity (Wildman–Crippen MR) is 169 cm³/mol. The van der Waals surface area contributed by atoms with Gasteiger partial charge in [-0.15, -0.1) is 0 Å². The van der Waals surface area contributed by atoms with Crippen molar-refractivity contribution < 1.29 is 23.8 Å². The highest BCUT2D eigenvalue weighted by Crippen LogP contribution is 2.52. The molecule has 2 aliphatic heterocycles. The Morgan fingerprint density at radius 1 is 1.00 bits per heavy atom. The van der Waals surface area contributed by atoms with Gasteiger partial charge in [-0.2, -0.15) is 0 Å². The van der Waals surface area contributed by atoms with Gasteiger partial charge in [0.25, 0.3) is 0 Å². The smallest absolute Gasteiger partial charge is 0.249 e. The maximum atomic E-state index is 13.0. The third-order valence-electron chi connectivity index (χ3n) is 9.00. The summed E-state index contributed by atoms with van der Waals surface area (Å²) in [5, 5.41) is 0. The molecule has 0 aromatic heterocycles. The first kappa shape index (κ1) is 30.6. The number of amides is 2. The number of morpholine rings is 1. The highest BCUT2D eigenvalue weighted by atomic mass is 16.5. The minimum Gasteiger partial charge on any atom is -0.496 e. The molecule has 3 aromatic rings. The second kappa shape index (κ2) is 12.0. The lowest BCUT2D eigenvalue weighted by molar-refractivity contribution is -0.117. The molecular formula is C35H43N3O5. The summed E-state index contributed by atoms with van der Waals surface area (Å²) >= 11 is 0. The van der Waals surface area contributed by atoms with Gasteiger partial charge in [0.15, 0.2) is 0 Å². The van der Waals surface area contributed by atoms with Crippen molar-refractivity contribution in [2.24, 2.45) is 5.73 Å². The Kier molecular flexibility index (Phi) is 8.54. The number of hydrogen-bond donors (Lipinski definition) is 1. The van der Waals surface area contributed by atoms with Gasteiger partial charge in [-0.1, -0.05) is 25.1 Å². The van der Waals surface area contributed by atoms with E-state index in [1.54, 1.807) is 26.2 Å². The molecule has 228 valence electrons. The number of anilines is 1. The summed E-state index contributed by atoms with van der Waals surface area (Å²) in [6.07, 6.45) is 0.701. The average molecular weight is 586 g/mol. The molecule has 2 heterocycles. The van der Waals surface area contributed by atoms with Crippen molar-refractivity contribution in [1.82, 2.24) is 4.90 Å². The van der Waals surface area contributed by atoms with Gasteiger partial charge in [-0.3, -0.25) is 14.5 Å². The zero-order chi connectivity index (χ0) is 30.9. The fraction of sp³-hybridized carbons (Fsp3) is 0.429. The Balaban J connectivity index is 1.56. The SMILES string of the molecule is COc1ccc(C(N)=O)c(-c2ccc3c(c2)C(C)(c2ccc(OCCN4CCOCC4)cc2)CC(C)(C)N3C(C)=O)c1C. The Bertz CT molecular complexity index is 1510. The molecule has 2 aliphatic rings. The van der Waals surface area contributed by atoms with Crippen LogP contribution in [0.25, 0.3) is 11.1 Å². The van der Waals surface area contributed by atoms with Crippen LogP contribution in [0.15, 0.2) is 54.6 Å². The second-order valence-electron chi connectivity index (χ2n) is 12.4. The highest BCUT2D eigenvalue weighted by Gasteiger charge is 2.47. The van der Waals surface area contributed by atoms with E-state index in [9.17, 15) is 9.59 Å². The van der Waals surface area contributed by atoms with E-state index in [0.717, 1.165) is 72.1 Å². The molecule has 1 atom stereocenters. The Morgan fingerprint density at radius 3 is 2.33 bits per heavy atom. The standard InChI is InChI=1S/C35H43N3O5/c1-23-31(41-6)14-12-28(33(36)40)32(23)25-7-13-30-29(21-25)35(5,22-34(3,4)38(30)24(2)39)26-8-10-27(11-9-26)43-20-17-37-15-18-42-19-16-37/h7-14,21H,15-20,22H2,1-6H3,(H2,36,40). The number of ether oxygens (including phenoxy) is 3. The molecule has 3 aromatic carbocycles. The first-order valence-corrected chi connectivity index (χ1v) is 14.9. The number of hydrogen-bond acceptors (Lipinski definition) is 6. The molecule has 0 aliphatic carbocycles. The van der Waals surface area contributed by atoms with Gasteiger partial charge in [0.1, 0.15) is 18.1 Å². The van der Waals surface area contributed by atoms with E-state index in [-0.39, 0.29) is 5.91 Å². The highest BCUT2D eigenvalue weighted by molar-refractivity contribution is 6.02. The maximum Gasteiger partial charge on any atom is 0.249 e. The zero-order valence-corrected chi connectivity index (χ0v) is 26.2. The maximum absolute atomic E-state index is 13.0. The monoisotopic (exact) mass is 585 g/mol. The summed E-state index contributed by atoms with van der Waals surface area (Å²) in [7, 11) is 1.61. The molecule has 0 bridgehead atoms. The second-order valence-corrected chi connectivity index (χ2v) is 12.4. The Labute approximate surface area is 254 Å². The average Bonchev–Trinajstić information content (AvgIpc) is 2.97. The van der Waals surface area contributed by atoms with Gasteiger partial charge in [0.2, 0.25) is 11.8 Å².